The van der Waals surface area contributed by atoms with Crippen LogP contribution < -0.4 is 5.73 Å². The number of hydrogen-bond donors (Lipinski definition) is 1. The third-order valence-corrected chi connectivity index (χ3v) is 5.29. The molecule has 84 valence electrons. The number of nitriles is 1. The van der Waals surface area contributed by atoms with Crippen molar-refractivity contribution < 1.29 is 0 Å². The monoisotopic (exact) mass is 225 g/mol. The first-order chi connectivity index (χ1) is 7.08. The first-order valence-electron chi connectivity index (χ1n) is 5.60. The average Bonchev–Trinajstić information content (AvgIpc) is 2.23. The smallest absolute Gasteiger partial charge is 0.106 e. The van der Waals surface area contributed by atoms with E-state index in [1.807, 2.05) is 11.8 Å². The highest BCUT2D eigenvalue weighted by molar-refractivity contribution is 8.00. The summed E-state index contributed by atoms with van der Waals surface area (Å²) in [5, 5.41) is 9.12. The average molecular weight is 225 g/mol. The van der Waals surface area contributed by atoms with Crippen LogP contribution in [0.1, 0.15) is 25.7 Å². The predicted molar refractivity (Wildman–Crippen MR) is 63.7 cm³/mol. The maximum absolute atomic E-state index is 9.12. The minimum absolute atomic E-state index is 0.301. The molecule has 0 aromatic carbocycles. The number of nitrogens with two attached hydrogens (primary N) is 1. The van der Waals surface area contributed by atoms with Crippen LogP contribution in [-0.2, 0) is 0 Å². The van der Waals surface area contributed by atoms with Crippen LogP contribution in [0.2, 0.25) is 0 Å². The Morgan fingerprint density at radius 2 is 2.00 bits per heavy atom. The van der Waals surface area contributed by atoms with Crippen LogP contribution in [0.25, 0.3) is 0 Å². The van der Waals surface area contributed by atoms with E-state index in [-0.39, 0.29) is 0 Å². The van der Waals surface area contributed by atoms with Crippen molar-refractivity contribution in [2.75, 3.05) is 25.9 Å². The molecule has 0 aromatic heterocycles. The normalized spacial score (nSPS) is 36.3. The molecule has 2 N–H and O–H groups in total. The number of rotatable bonds is 0. The summed E-state index contributed by atoms with van der Waals surface area (Å²) < 4.78 is 0.301. The molecule has 15 heavy (non-hydrogen) atoms. The molecular formula is C11H19N3S. The molecule has 2 aliphatic heterocycles. The number of thioether (sulfide) groups is 1. The molecule has 0 amide bonds. The van der Waals surface area contributed by atoms with Gasteiger partial charge in [0.1, 0.15) is 5.54 Å². The van der Waals surface area contributed by atoms with Gasteiger partial charge in [-0.2, -0.15) is 17.0 Å². The van der Waals surface area contributed by atoms with E-state index in [0.29, 0.717) is 4.75 Å². The highest BCUT2D eigenvalue weighted by atomic mass is 32.2. The van der Waals surface area contributed by atoms with Gasteiger partial charge in [-0.05, 0) is 51.6 Å². The minimum Gasteiger partial charge on any atom is -0.313 e. The summed E-state index contributed by atoms with van der Waals surface area (Å²) >= 11 is 2.05. The molecule has 1 spiro atoms. The summed E-state index contributed by atoms with van der Waals surface area (Å²) in [4.78, 5) is 2.37. The number of hydrogen-bond acceptors (Lipinski definition) is 4. The fraction of sp³-hybridized carbons (Fsp3) is 0.909. The first kappa shape index (κ1) is 11.3. The largest absolute Gasteiger partial charge is 0.313 e. The molecule has 0 aliphatic carbocycles. The Morgan fingerprint density at radius 1 is 1.33 bits per heavy atom. The van der Waals surface area contributed by atoms with Crippen LogP contribution >= 0.6 is 11.8 Å². The van der Waals surface area contributed by atoms with Crippen molar-refractivity contribution >= 4 is 11.8 Å². The Hall–Kier alpha value is -0.240. The molecule has 1 atom stereocenters. The molecular weight excluding hydrogens is 206 g/mol. The predicted octanol–water partition coefficient (Wildman–Crippen LogP) is 1.20. The SMILES string of the molecule is CN1CCC2(CC1)CC(N)(C#N)CCS2. The fourth-order valence-electron chi connectivity index (χ4n) is 2.61. The molecule has 1 unspecified atom stereocenters. The molecule has 0 radical (unpaired) electrons. The molecule has 2 rings (SSSR count). The van der Waals surface area contributed by atoms with Gasteiger partial charge in [0, 0.05) is 4.75 Å². The van der Waals surface area contributed by atoms with Crippen molar-refractivity contribution in [3.63, 3.8) is 0 Å². The van der Waals surface area contributed by atoms with E-state index >= 15 is 0 Å². The van der Waals surface area contributed by atoms with Gasteiger partial charge >= 0.3 is 0 Å². The zero-order valence-electron chi connectivity index (χ0n) is 9.33. The molecule has 3 nitrogen and oxygen atoms in total. The van der Waals surface area contributed by atoms with Crippen molar-refractivity contribution in [3.05, 3.63) is 0 Å². The second-order valence-corrected chi connectivity index (χ2v) is 6.59. The van der Waals surface area contributed by atoms with Crippen molar-refractivity contribution in [1.82, 2.24) is 4.90 Å². The van der Waals surface area contributed by atoms with E-state index in [9.17, 15) is 0 Å². The minimum atomic E-state index is -0.554. The van der Waals surface area contributed by atoms with Crippen LogP contribution in [0.4, 0.5) is 0 Å². The molecule has 2 heterocycles. The third kappa shape index (κ3) is 2.30. The maximum atomic E-state index is 9.12. The Bertz CT molecular complexity index is 278. The molecule has 0 bridgehead atoms. The van der Waals surface area contributed by atoms with Gasteiger partial charge in [-0.1, -0.05) is 0 Å². The quantitative estimate of drug-likeness (QED) is 0.673. The highest BCUT2D eigenvalue weighted by Crippen LogP contribution is 2.46. The van der Waals surface area contributed by atoms with E-state index in [2.05, 4.69) is 18.0 Å². The van der Waals surface area contributed by atoms with Gasteiger partial charge in [0.2, 0.25) is 0 Å². The van der Waals surface area contributed by atoms with E-state index in [0.717, 1.165) is 31.7 Å². The zero-order chi connectivity index (χ0) is 10.9. The Balaban J connectivity index is 2.06. The summed E-state index contributed by atoms with van der Waals surface area (Å²) in [5.74, 6) is 1.05. The highest BCUT2D eigenvalue weighted by Gasteiger charge is 2.44. The number of likely N-dealkylation sites (tertiary alicyclic amines) is 1. The summed E-state index contributed by atoms with van der Waals surface area (Å²) in [6.07, 6.45) is 4.12. The maximum Gasteiger partial charge on any atom is 0.106 e. The first-order valence-corrected chi connectivity index (χ1v) is 6.59. The zero-order valence-corrected chi connectivity index (χ0v) is 10.1. The van der Waals surface area contributed by atoms with Gasteiger partial charge in [0.05, 0.1) is 6.07 Å². The van der Waals surface area contributed by atoms with E-state index in [1.165, 1.54) is 12.8 Å². The summed E-state index contributed by atoms with van der Waals surface area (Å²) in [5.41, 5.74) is 5.56. The van der Waals surface area contributed by atoms with Gasteiger partial charge in [-0.3, -0.25) is 0 Å². The summed E-state index contributed by atoms with van der Waals surface area (Å²) in [7, 11) is 2.17. The Morgan fingerprint density at radius 3 is 2.60 bits per heavy atom. The lowest BCUT2D eigenvalue weighted by Gasteiger charge is -2.46. The Labute approximate surface area is 96.0 Å². The molecule has 2 saturated heterocycles. The van der Waals surface area contributed by atoms with Crippen LogP contribution in [-0.4, -0.2) is 41.1 Å². The lowest BCUT2D eigenvalue weighted by molar-refractivity contribution is 0.212. The van der Waals surface area contributed by atoms with E-state index in [1.54, 1.807) is 0 Å². The summed E-state index contributed by atoms with van der Waals surface area (Å²) in [6, 6.07) is 2.31. The number of piperidine rings is 1. The van der Waals surface area contributed by atoms with Gasteiger partial charge in [0.15, 0.2) is 0 Å². The molecule has 0 saturated carbocycles. The van der Waals surface area contributed by atoms with Crippen molar-refractivity contribution in [1.29, 1.82) is 5.26 Å². The van der Waals surface area contributed by atoms with Crippen LogP contribution in [0.5, 0.6) is 0 Å². The topological polar surface area (TPSA) is 53.0 Å². The van der Waals surface area contributed by atoms with Gasteiger partial charge < -0.3 is 10.6 Å². The lowest BCUT2D eigenvalue weighted by atomic mass is 9.81. The Kier molecular flexibility index (Phi) is 2.98. The van der Waals surface area contributed by atoms with E-state index in [4.69, 9.17) is 11.0 Å². The van der Waals surface area contributed by atoms with Crippen LogP contribution in [0.3, 0.4) is 0 Å². The van der Waals surface area contributed by atoms with Crippen molar-refractivity contribution in [2.24, 2.45) is 5.73 Å². The van der Waals surface area contributed by atoms with Crippen LogP contribution in [0, 0.1) is 11.3 Å². The number of nitrogens with zero attached hydrogens (tertiary/aromatic N) is 2. The third-order valence-electron chi connectivity index (χ3n) is 3.71. The second-order valence-electron chi connectivity index (χ2n) is 5.03. The van der Waals surface area contributed by atoms with Crippen molar-refractivity contribution in [2.45, 2.75) is 36.0 Å². The van der Waals surface area contributed by atoms with Crippen LogP contribution in [0.15, 0.2) is 0 Å². The van der Waals surface area contributed by atoms with Gasteiger partial charge in [-0.25, -0.2) is 0 Å². The van der Waals surface area contributed by atoms with E-state index < -0.39 is 5.54 Å². The van der Waals surface area contributed by atoms with Gasteiger partial charge in [0.25, 0.3) is 0 Å². The van der Waals surface area contributed by atoms with Gasteiger partial charge in [-0.15, -0.1) is 0 Å². The molecule has 2 fully saturated rings. The standard InChI is InChI=1S/C11H19N3S/c1-14-5-2-11(3-6-14)8-10(13,9-12)4-7-15-11/h2-8,13H2,1H3. The summed E-state index contributed by atoms with van der Waals surface area (Å²) in [6.45, 7) is 2.29. The second kappa shape index (κ2) is 3.97. The molecule has 4 heteroatoms. The van der Waals surface area contributed by atoms with Crippen molar-refractivity contribution in [3.8, 4) is 6.07 Å². The fourth-order valence-corrected chi connectivity index (χ4v) is 4.34. The molecule has 2 aliphatic rings. The molecule has 0 aromatic rings. The lowest BCUT2D eigenvalue weighted by Crippen LogP contribution is -2.53.